The first-order valence-electron chi connectivity index (χ1n) is 4.07. The highest BCUT2D eigenvalue weighted by molar-refractivity contribution is 7.90. The SMILES string of the molecule is O=C(O)C=C1NS(=O)(=O)c2ccccc21. The van der Waals surface area contributed by atoms with E-state index in [1.165, 1.54) is 6.07 Å². The highest BCUT2D eigenvalue weighted by Gasteiger charge is 2.29. The Morgan fingerprint density at radius 3 is 2.67 bits per heavy atom. The van der Waals surface area contributed by atoms with Gasteiger partial charge in [0.2, 0.25) is 0 Å². The molecular formula is C9H7NO4S. The number of hydrogen-bond acceptors (Lipinski definition) is 3. The maximum absolute atomic E-state index is 11.5. The molecule has 0 fully saturated rings. The third kappa shape index (κ3) is 1.59. The summed E-state index contributed by atoms with van der Waals surface area (Å²) in [6.07, 6.45) is 0.837. The number of carbonyl (C=O) groups is 1. The van der Waals surface area contributed by atoms with Gasteiger partial charge in [-0.15, -0.1) is 0 Å². The summed E-state index contributed by atoms with van der Waals surface area (Å²) in [5, 5.41) is 8.56. The predicted molar refractivity (Wildman–Crippen MR) is 52.4 cm³/mol. The van der Waals surface area contributed by atoms with Crippen molar-refractivity contribution in [3.05, 3.63) is 35.9 Å². The van der Waals surface area contributed by atoms with Gasteiger partial charge in [-0.1, -0.05) is 18.2 Å². The monoisotopic (exact) mass is 225 g/mol. The lowest BCUT2D eigenvalue weighted by molar-refractivity contribution is -0.131. The van der Waals surface area contributed by atoms with Gasteiger partial charge in [0.05, 0.1) is 10.6 Å². The maximum atomic E-state index is 11.5. The Balaban J connectivity index is 2.67. The largest absolute Gasteiger partial charge is 0.478 e. The highest BCUT2D eigenvalue weighted by Crippen LogP contribution is 2.29. The van der Waals surface area contributed by atoms with Gasteiger partial charge in [-0.05, 0) is 6.07 Å². The van der Waals surface area contributed by atoms with E-state index < -0.39 is 16.0 Å². The van der Waals surface area contributed by atoms with Gasteiger partial charge in [-0.2, -0.15) is 0 Å². The van der Waals surface area contributed by atoms with Crippen LogP contribution in [0.15, 0.2) is 35.2 Å². The minimum atomic E-state index is -3.58. The molecule has 0 spiro atoms. The van der Waals surface area contributed by atoms with Crippen LogP contribution in [0.5, 0.6) is 0 Å². The zero-order valence-electron chi connectivity index (χ0n) is 7.47. The predicted octanol–water partition coefficient (Wildman–Crippen LogP) is 0.404. The van der Waals surface area contributed by atoms with E-state index in [2.05, 4.69) is 4.72 Å². The number of carboxylic acid groups (broad SMARTS) is 1. The van der Waals surface area contributed by atoms with Crippen LogP contribution < -0.4 is 4.72 Å². The molecule has 1 aromatic carbocycles. The van der Waals surface area contributed by atoms with Gasteiger partial charge >= 0.3 is 5.97 Å². The van der Waals surface area contributed by atoms with Crippen LogP contribution >= 0.6 is 0 Å². The van der Waals surface area contributed by atoms with Gasteiger partial charge in [-0.3, -0.25) is 4.72 Å². The molecule has 5 nitrogen and oxygen atoms in total. The zero-order chi connectivity index (χ0) is 11.1. The molecular weight excluding hydrogens is 218 g/mol. The standard InChI is InChI=1S/C9H7NO4S/c11-9(12)5-7-6-3-1-2-4-8(6)15(13,14)10-7/h1-5,10H,(H,11,12). The van der Waals surface area contributed by atoms with E-state index in [1.54, 1.807) is 18.2 Å². The Morgan fingerprint density at radius 1 is 1.33 bits per heavy atom. The van der Waals surface area contributed by atoms with Gasteiger partial charge in [0.1, 0.15) is 0 Å². The molecule has 6 heteroatoms. The maximum Gasteiger partial charge on any atom is 0.330 e. The normalized spacial score (nSPS) is 19.6. The summed E-state index contributed by atoms with van der Waals surface area (Å²) in [7, 11) is -3.58. The summed E-state index contributed by atoms with van der Waals surface area (Å²) in [4.78, 5) is 10.6. The molecule has 1 heterocycles. The first kappa shape index (κ1) is 9.72. The average molecular weight is 225 g/mol. The minimum Gasteiger partial charge on any atom is -0.478 e. The molecule has 0 saturated carbocycles. The fraction of sp³-hybridized carbons (Fsp3) is 0. The molecule has 1 aromatic rings. The van der Waals surface area contributed by atoms with E-state index in [0.717, 1.165) is 6.08 Å². The summed E-state index contributed by atoms with van der Waals surface area (Å²) in [6, 6.07) is 6.22. The van der Waals surface area contributed by atoms with Crippen molar-refractivity contribution in [1.82, 2.24) is 4.72 Å². The zero-order valence-corrected chi connectivity index (χ0v) is 8.28. The van der Waals surface area contributed by atoms with Crippen molar-refractivity contribution in [2.75, 3.05) is 0 Å². The van der Waals surface area contributed by atoms with Gasteiger partial charge in [0.25, 0.3) is 10.0 Å². The number of fused-ring (bicyclic) bond motifs is 1. The van der Waals surface area contributed by atoms with Crippen molar-refractivity contribution in [1.29, 1.82) is 0 Å². The lowest BCUT2D eigenvalue weighted by Crippen LogP contribution is -2.14. The van der Waals surface area contributed by atoms with E-state index in [-0.39, 0.29) is 10.6 Å². The Bertz CT molecular complexity index is 559. The third-order valence-electron chi connectivity index (χ3n) is 1.98. The molecule has 0 unspecified atom stereocenters. The van der Waals surface area contributed by atoms with Gasteiger partial charge < -0.3 is 5.11 Å². The molecule has 78 valence electrons. The summed E-state index contributed by atoms with van der Waals surface area (Å²) < 4.78 is 25.2. The molecule has 1 aliphatic heterocycles. The fourth-order valence-electron chi connectivity index (χ4n) is 1.41. The van der Waals surface area contributed by atoms with Crippen LogP contribution in [0.4, 0.5) is 0 Å². The van der Waals surface area contributed by atoms with Crippen LogP contribution in [0.3, 0.4) is 0 Å². The third-order valence-corrected chi connectivity index (χ3v) is 3.40. The summed E-state index contributed by atoms with van der Waals surface area (Å²) in [5.74, 6) is -1.19. The molecule has 2 rings (SSSR count). The molecule has 0 aliphatic carbocycles. The number of nitrogens with one attached hydrogen (secondary N) is 1. The molecule has 0 radical (unpaired) electrons. The second-order valence-electron chi connectivity index (χ2n) is 3.00. The van der Waals surface area contributed by atoms with Crippen LogP contribution in [0.1, 0.15) is 5.56 Å². The molecule has 0 atom stereocenters. The molecule has 0 bridgehead atoms. The summed E-state index contributed by atoms with van der Waals surface area (Å²) in [5.41, 5.74) is 0.484. The Labute approximate surface area is 86.1 Å². The molecule has 0 aromatic heterocycles. The number of sulfonamides is 1. The molecule has 0 saturated heterocycles. The summed E-state index contributed by atoms with van der Waals surface area (Å²) in [6.45, 7) is 0. The van der Waals surface area contributed by atoms with E-state index in [9.17, 15) is 13.2 Å². The van der Waals surface area contributed by atoms with E-state index in [1.807, 2.05) is 0 Å². The first-order chi connectivity index (χ1) is 7.00. The molecule has 15 heavy (non-hydrogen) atoms. The van der Waals surface area contributed by atoms with E-state index >= 15 is 0 Å². The van der Waals surface area contributed by atoms with Crippen molar-refractivity contribution >= 4 is 21.7 Å². The highest BCUT2D eigenvalue weighted by atomic mass is 32.2. The van der Waals surface area contributed by atoms with E-state index in [4.69, 9.17) is 5.11 Å². The van der Waals surface area contributed by atoms with Crippen molar-refractivity contribution in [3.8, 4) is 0 Å². The Kier molecular flexibility index (Phi) is 2.01. The molecule has 0 amide bonds. The first-order valence-corrected chi connectivity index (χ1v) is 5.56. The van der Waals surface area contributed by atoms with Crippen molar-refractivity contribution in [3.63, 3.8) is 0 Å². The average Bonchev–Trinajstić information content (AvgIpc) is 2.39. The topological polar surface area (TPSA) is 83.5 Å². The number of carboxylic acids is 1. The second kappa shape index (κ2) is 3.09. The van der Waals surface area contributed by atoms with Gasteiger partial charge in [0.15, 0.2) is 0 Å². The van der Waals surface area contributed by atoms with E-state index in [0.29, 0.717) is 5.56 Å². The smallest absolute Gasteiger partial charge is 0.330 e. The van der Waals surface area contributed by atoms with Crippen LogP contribution in [0.25, 0.3) is 5.70 Å². The number of aliphatic carboxylic acids is 1. The molecule has 1 aliphatic rings. The van der Waals surface area contributed by atoms with Crippen molar-refractivity contribution in [2.45, 2.75) is 4.90 Å². The van der Waals surface area contributed by atoms with Crippen LogP contribution in [-0.4, -0.2) is 19.5 Å². The second-order valence-corrected chi connectivity index (χ2v) is 4.65. The Hall–Kier alpha value is -1.82. The quantitative estimate of drug-likeness (QED) is 0.678. The minimum absolute atomic E-state index is 0.0955. The lowest BCUT2D eigenvalue weighted by Gasteiger charge is -1.95. The van der Waals surface area contributed by atoms with Gasteiger partial charge in [0, 0.05) is 11.6 Å². The van der Waals surface area contributed by atoms with Crippen LogP contribution in [0, 0.1) is 0 Å². The number of benzene rings is 1. The summed E-state index contributed by atoms with van der Waals surface area (Å²) >= 11 is 0. The number of rotatable bonds is 1. The van der Waals surface area contributed by atoms with Crippen LogP contribution in [-0.2, 0) is 14.8 Å². The fourth-order valence-corrected chi connectivity index (χ4v) is 2.70. The Morgan fingerprint density at radius 2 is 2.00 bits per heavy atom. The number of hydrogen-bond donors (Lipinski definition) is 2. The lowest BCUT2D eigenvalue weighted by atomic mass is 10.1. The van der Waals surface area contributed by atoms with Crippen molar-refractivity contribution in [2.24, 2.45) is 0 Å². The van der Waals surface area contributed by atoms with Crippen LogP contribution in [0.2, 0.25) is 0 Å². The molecule has 2 N–H and O–H groups in total. The van der Waals surface area contributed by atoms with Gasteiger partial charge in [-0.25, -0.2) is 13.2 Å². The van der Waals surface area contributed by atoms with Crippen molar-refractivity contribution < 1.29 is 18.3 Å².